The van der Waals surface area contributed by atoms with Crippen LogP contribution in [-0.2, 0) is 0 Å². The summed E-state index contributed by atoms with van der Waals surface area (Å²) in [4.78, 5) is 17.9. The van der Waals surface area contributed by atoms with E-state index in [0.29, 0.717) is 15.5 Å². The molecule has 0 unspecified atom stereocenters. The average molecular weight is 386 g/mol. The molecular weight excluding hydrogens is 368 g/mol. The fraction of sp³-hybridized carbons (Fsp3) is 0.0455. The molecule has 1 heterocycles. The van der Waals surface area contributed by atoms with E-state index in [4.69, 9.17) is 4.99 Å². The number of benzene rings is 3. The second-order valence-corrected chi connectivity index (χ2v) is 7.16. The fourth-order valence-electron chi connectivity index (χ4n) is 2.63. The lowest BCUT2D eigenvalue weighted by Gasteiger charge is -2.01. The maximum Gasteiger partial charge on any atom is 0.257 e. The molecule has 0 radical (unpaired) electrons. The molecule has 0 aliphatic heterocycles. The van der Waals surface area contributed by atoms with Crippen LogP contribution in [-0.4, -0.2) is 15.7 Å². The molecule has 0 aliphatic rings. The number of amides is 1. The molecule has 138 valence electrons. The van der Waals surface area contributed by atoms with E-state index in [2.05, 4.69) is 10.4 Å². The molecule has 0 atom stereocenters. The molecule has 0 saturated heterocycles. The first-order valence-electron chi connectivity index (χ1n) is 8.82. The maximum atomic E-state index is 12.5. The summed E-state index contributed by atoms with van der Waals surface area (Å²) >= 11 is 1.33. The number of nitrogens with zero attached hydrogens (tertiary/aromatic N) is 3. The molecule has 4 aromatic rings. The van der Waals surface area contributed by atoms with Crippen LogP contribution in [0.5, 0.6) is 0 Å². The maximum absolute atomic E-state index is 12.5. The minimum absolute atomic E-state index is 0.198. The minimum Gasteiger partial charge on any atom is -0.296 e. The van der Waals surface area contributed by atoms with Gasteiger partial charge in [-0.05, 0) is 43.3 Å². The third-order valence-corrected chi connectivity index (χ3v) is 4.90. The number of anilines is 1. The molecule has 0 aliphatic carbocycles. The number of aryl methyl sites for hydroxylation is 1. The minimum atomic E-state index is -0.198. The number of aromatic nitrogens is 2. The number of hydrogen-bond acceptors (Lipinski definition) is 4. The quantitative estimate of drug-likeness (QED) is 0.551. The van der Waals surface area contributed by atoms with Gasteiger partial charge in [-0.1, -0.05) is 65.4 Å². The fourth-order valence-corrected chi connectivity index (χ4v) is 3.45. The molecular formula is C22H18N4OS. The zero-order valence-corrected chi connectivity index (χ0v) is 16.1. The zero-order valence-electron chi connectivity index (χ0n) is 15.2. The van der Waals surface area contributed by atoms with Crippen molar-refractivity contribution in [3.8, 4) is 5.69 Å². The molecule has 28 heavy (non-hydrogen) atoms. The SMILES string of the molecule is Cc1ccc(N=c2sc(NC(=O)c3ccccc3)nn2-c2ccccc2)cc1. The molecule has 1 amide bonds. The number of hydrogen-bond donors (Lipinski definition) is 1. The van der Waals surface area contributed by atoms with Crippen molar-refractivity contribution < 1.29 is 4.79 Å². The van der Waals surface area contributed by atoms with Crippen LogP contribution < -0.4 is 10.1 Å². The first-order chi connectivity index (χ1) is 13.7. The molecule has 1 N–H and O–H groups in total. The monoisotopic (exact) mass is 386 g/mol. The molecule has 1 aromatic heterocycles. The van der Waals surface area contributed by atoms with Crippen LogP contribution in [0.3, 0.4) is 0 Å². The normalized spacial score (nSPS) is 11.4. The Morgan fingerprint density at radius 2 is 1.57 bits per heavy atom. The first kappa shape index (κ1) is 17.9. The highest BCUT2D eigenvalue weighted by atomic mass is 32.1. The first-order valence-corrected chi connectivity index (χ1v) is 9.64. The van der Waals surface area contributed by atoms with Gasteiger partial charge in [0.25, 0.3) is 5.91 Å². The molecule has 0 fully saturated rings. The second kappa shape index (κ2) is 8.02. The van der Waals surface area contributed by atoms with Crippen molar-refractivity contribution in [2.24, 2.45) is 4.99 Å². The molecule has 4 rings (SSSR count). The molecule has 0 saturated carbocycles. The van der Waals surface area contributed by atoms with E-state index in [1.165, 1.54) is 16.9 Å². The van der Waals surface area contributed by atoms with E-state index in [0.717, 1.165) is 11.4 Å². The van der Waals surface area contributed by atoms with Crippen LogP contribution in [0.4, 0.5) is 10.8 Å². The Morgan fingerprint density at radius 1 is 0.929 bits per heavy atom. The summed E-state index contributed by atoms with van der Waals surface area (Å²) in [7, 11) is 0. The van der Waals surface area contributed by atoms with Crippen molar-refractivity contribution in [2.45, 2.75) is 6.92 Å². The number of nitrogens with one attached hydrogen (secondary N) is 1. The van der Waals surface area contributed by atoms with Gasteiger partial charge in [-0.2, -0.15) is 0 Å². The standard InChI is InChI=1S/C22H18N4OS/c1-16-12-14-18(15-13-16)23-22-26(19-10-6-3-7-11-19)25-21(28-22)24-20(27)17-8-4-2-5-9-17/h2-15H,1H3,(H,24,25,27). The van der Waals surface area contributed by atoms with Crippen molar-refractivity contribution in [1.29, 1.82) is 0 Å². The van der Waals surface area contributed by atoms with E-state index < -0.39 is 0 Å². The Hall–Kier alpha value is -3.51. The number of carbonyl (C=O) groups is 1. The topological polar surface area (TPSA) is 59.3 Å². The highest BCUT2D eigenvalue weighted by Crippen LogP contribution is 2.16. The lowest BCUT2D eigenvalue weighted by molar-refractivity contribution is 0.102. The summed E-state index contributed by atoms with van der Waals surface area (Å²) in [6.45, 7) is 2.04. The van der Waals surface area contributed by atoms with Crippen molar-refractivity contribution in [3.05, 3.63) is 101 Å². The van der Waals surface area contributed by atoms with Gasteiger partial charge in [0.15, 0.2) is 0 Å². The molecule has 0 spiro atoms. The summed E-state index contributed by atoms with van der Waals surface area (Å²) < 4.78 is 1.74. The van der Waals surface area contributed by atoms with E-state index in [1.807, 2.05) is 79.7 Å². The van der Waals surface area contributed by atoms with Crippen molar-refractivity contribution in [1.82, 2.24) is 9.78 Å². The van der Waals surface area contributed by atoms with Crippen molar-refractivity contribution in [3.63, 3.8) is 0 Å². The average Bonchev–Trinajstić information content (AvgIpc) is 3.13. The predicted molar refractivity (Wildman–Crippen MR) is 112 cm³/mol. The number of para-hydroxylation sites is 1. The van der Waals surface area contributed by atoms with Gasteiger partial charge in [0, 0.05) is 5.56 Å². The lowest BCUT2D eigenvalue weighted by atomic mass is 10.2. The Morgan fingerprint density at radius 3 is 2.25 bits per heavy atom. The van der Waals surface area contributed by atoms with Gasteiger partial charge in [-0.25, -0.2) is 9.67 Å². The van der Waals surface area contributed by atoms with Crippen LogP contribution in [0.1, 0.15) is 15.9 Å². The van der Waals surface area contributed by atoms with Gasteiger partial charge in [0.2, 0.25) is 9.93 Å². The predicted octanol–water partition coefficient (Wildman–Crippen LogP) is 4.73. The van der Waals surface area contributed by atoms with Gasteiger partial charge in [-0.15, -0.1) is 5.10 Å². The highest BCUT2D eigenvalue weighted by molar-refractivity contribution is 7.13. The summed E-state index contributed by atoms with van der Waals surface area (Å²) in [5, 5.41) is 7.93. The van der Waals surface area contributed by atoms with E-state index in [-0.39, 0.29) is 5.91 Å². The molecule has 5 nitrogen and oxygen atoms in total. The van der Waals surface area contributed by atoms with Crippen LogP contribution in [0.25, 0.3) is 5.69 Å². The summed E-state index contributed by atoms with van der Waals surface area (Å²) in [5.74, 6) is -0.198. The zero-order chi connectivity index (χ0) is 19.3. The lowest BCUT2D eigenvalue weighted by Crippen LogP contribution is -2.14. The second-order valence-electron chi connectivity index (χ2n) is 6.20. The Bertz CT molecular complexity index is 1150. The van der Waals surface area contributed by atoms with E-state index >= 15 is 0 Å². The largest absolute Gasteiger partial charge is 0.296 e. The van der Waals surface area contributed by atoms with Crippen LogP contribution >= 0.6 is 11.3 Å². The Balaban J connectivity index is 1.74. The third kappa shape index (κ3) is 4.07. The van der Waals surface area contributed by atoms with E-state index in [1.54, 1.807) is 16.8 Å². The summed E-state index contributed by atoms with van der Waals surface area (Å²) in [6, 6.07) is 26.8. The smallest absolute Gasteiger partial charge is 0.257 e. The molecule has 3 aromatic carbocycles. The van der Waals surface area contributed by atoms with Crippen molar-refractivity contribution >= 4 is 28.1 Å². The number of carbonyl (C=O) groups excluding carboxylic acids is 1. The third-order valence-electron chi connectivity index (χ3n) is 4.08. The summed E-state index contributed by atoms with van der Waals surface area (Å²) in [5.41, 5.74) is 3.47. The van der Waals surface area contributed by atoms with E-state index in [9.17, 15) is 4.79 Å². The van der Waals surface area contributed by atoms with Gasteiger partial charge in [0.1, 0.15) is 0 Å². The van der Waals surface area contributed by atoms with Gasteiger partial charge < -0.3 is 0 Å². The highest BCUT2D eigenvalue weighted by Gasteiger charge is 2.11. The van der Waals surface area contributed by atoms with Gasteiger partial charge >= 0.3 is 0 Å². The Kier molecular flexibility index (Phi) is 5.12. The van der Waals surface area contributed by atoms with Gasteiger partial charge in [-0.3, -0.25) is 10.1 Å². The van der Waals surface area contributed by atoms with Crippen molar-refractivity contribution in [2.75, 3.05) is 5.32 Å². The Labute approximate surface area is 166 Å². The number of rotatable bonds is 4. The molecule has 0 bridgehead atoms. The van der Waals surface area contributed by atoms with Gasteiger partial charge in [0.05, 0.1) is 11.4 Å². The molecule has 6 heteroatoms. The van der Waals surface area contributed by atoms with Crippen LogP contribution in [0.2, 0.25) is 0 Å². The summed E-state index contributed by atoms with van der Waals surface area (Å²) in [6.07, 6.45) is 0. The van der Waals surface area contributed by atoms with Crippen LogP contribution in [0.15, 0.2) is 89.9 Å². The van der Waals surface area contributed by atoms with Crippen LogP contribution in [0, 0.1) is 6.92 Å².